The third-order valence-corrected chi connectivity index (χ3v) is 8.79. The zero-order valence-corrected chi connectivity index (χ0v) is 27.0. The summed E-state index contributed by atoms with van der Waals surface area (Å²) < 4.78 is 13.3. The van der Waals surface area contributed by atoms with Gasteiger partial charge in [0.25, 0.3) is 0 Å². The molecule has 1 N–H and O–H groups in total. The molecule has 37 heavy (non-hydrogen) atoms. The van der Waals surface area contributed by atoms with Crippen molar-refractivity contribution in [2.75, 3.05) is 26.3 Å². The van der Waals surface area contributed by atoms with Crippen LogP contribution in [0.3, 0.4) is 0 Å². The minimum Gasteiger partial charge on any atom is -0.350 e. The maximum atomic E-state index is 6.67. The van der Waals surface area contributed by atoms with Crippen molar-refractivity contribution in [2.24, 2.45) is 17.3 Å². The second kappa shape index (κ2) is 23.7. The van der Waals surface area contributed by atoms with E-state index in [1.807, 2.05) is 0 Å². The van der Waals surface area contributed by atoms with Crippen LogP contribution in [0.4, 0.5) is 0 Å². The van der Waals surface area contributed by atoms with Crippen molar-refractivity contribution in [3.8, 4) is 0 Å². The highest BCUT2D eigenvalue weighted by Gasteiger charge is 2.54. The van der Waals surface area contributed by atoms with Gasteiger partial charge in [-0.15, -0.1) is 0 Å². The largest absolute Gasteiger partial charge is 0.350 e. The van der Waals surface area contributed by atoms with Crippen LogP contribution in [-0.2, 0) is 9.47 Å². The second-order valence-corrected chi connectivity index (χ2v) is 12.1. The van der Waals surface area contributed by atoms with Crippen LogP contribution in [0.1, 0.15) is 171 Å². The molecule has 0 rings (SSSR count). The number of hydrogen-bond acceptors (Lipinski definition) is 3. The lowest BCUT2D eigenvalue weighted by atomic mass is 9.59. The molecule has 2 atom stereocenters. The van der Waals surface area contributed by atoms with Crippen LogP contribution in [-0.4, -0.2) is 32.1 Å². The van der Waals surface area contributed by atoms with Crippen molar-refractivity contribution in [2.45, 2.75) is 177 Å². The van der Waals surface area contributed by atoms with Crippen molar-refractivity contribution in [3.05, 3.63) is 0 Å². The van der Waals surface area contributed by atoms with Gasteiger partial charge in [-0.05, 0) is 77.8 Å². The monoisotopic (exact) mass is 526 g/mol. The molecular weight excluding hydrogens is 454 g/mol. The van der Waals surface area contributed by atoms with E-state index in [4.69, 9.17) is 9.47 Å². The topological polar surface area (TPSA) is 30.5 Å². The van der Waals surface area contributed by atoms with E-state index in [0.717, 1.165) is 13.1 Å². The molecule has 0 aliphatic heterocycles. The fourth-order valence-electron chi connectivity index (χ4n) is 6.74. The highest BCUT2D eigenvalue weighted by Crippen LogP contribution is 2.54. The Bertz CT molecular complexity index is 474. The van der Waals surface area contributed by atoms with Crippen LogP contribution in [0, 0.1) is 17.3 Å². The third kappa shape index (κ3) is 14.7. The minimum atomic E-state index is -0.527. The SMILES string of the molecule is CCCCCCCCCC(CCCNCCCC)(C(CCCCCCC)C(C)C)C(C)(OCC)OCC. The molecule has 0 aromatic carbocycles. The van der Waals surface area contributed by atoms with Gasteiger partial charge in [-0.3, -0.25) is 0 Å². The second-order valence-electron chi connectivity index (χ2n) is 12.1. The van der Waals surface area contributed by atoms with Crippen LogP contribution < -0.4 is 5.32 Å². The van der Waals surface area contributed by atoms with Crippen LogP contribution >= 0.6 is 0 Å². The smallest absolute Gasteiger partial charge is 0.171 e. The average molecular weight is 526 g/mol. The van der Waals surface area contributed by atoms with Crippen LogP contribution in [0.2, 0.25) is 0 Å². The Balaban J connectivity index is 5.91. The average Bonchev–Trinajstić information content (AvgIpc) is 2.86. The zero-order chi connectivity index (χ0) is 27.8. The van der Waals surface area contributed by atoms with Gasteiger partial charge in [-0.2, -0.15) is 0 Å². The van der Waals surface area contributed by atoms with E-state index in [1.165, 1.54) is 116 Å². The summed E-state index contributed by atoms with van der Waals surface area (Å²) in [5.41, 5.74) is 0.0494. The van der Waals surface area contributed by atoms with Crippen molar-refractivity contribution in [3.63, 3.8) is 0 Å². The predicted octanol–water partition coefficient (Wildman–Crippen LogP) is 10.7. The molecule has 0 bridgehead atoms. The predicted molar refractivity (Wildman–Crippen MR) is 165 cm³/mol. The van der Waals surface area contributed by atoms with Gasteiger partial charge in [0.05, 0.1) is 0 Å². The Labute approximate surface area is 235 Å². The maximum absolute atomic E-state index is 6.67. The summed E-state index contributed by atoms with van der Waals surface area (Å²) in [6.07, 6.45) is 23.7. The first-order valence-corrected chi connectivity index (χ1v) is 16.9. The number of nitrogens with one attached hydrogen (secondary N) is 1. The highest BCUT2D eigenvalue weighted by atomic mass is 16.7. The summed E-state index contributed by atoms with van der Waals surface area (Å²) in [5, 5.41) is 3.72. The van der Waals surface area contributed by atoms with Gasteiger partial charge in [-0.1, -0.05) is 118 Å². The van der Waals surface area contributed by atoms with E-state index in [1.54, 1.807) is 0 Å². The molecule has 0 amide bonds. The number of unbranched alkanes of at least 4 members (excludes halogenated alkanes) is 11. The molecule has 3 nitrogen and oxygen atoms in total. The summed E-state index contributed by atoms with van der Waals surface area (Å²) in [6.45, 7) is 22.1. The standard InChI is InChI=1S/C34H71NO2/c1-9-14-17-19-20-22-24-27-34(28-25-30-35-29-16-11-3,33(8,36-12-4)37-13-5)32(31(6)7)26-23-21-18-15-10-2/h31-32,35H,9-30H2,1-8H3. The van der Waals surface area contributed by atoms with E-state index < -0.39 is 5.79 Å². The number of hydrogen-bond donors (Lipinski definition) is 1. The molecule has 0 saturated heterocycles. The summed E-state index contributed by atoms with van der Waals surface area (Å²) >= 11 is 0. The summed E-state index contributed by atoms with van der Waals surface area (Å²) in [6, 6.07) is 0. The summed E-state index contributed by atoms with van der Waals surface area (Å²) in [7, 11) is 0. The Morgan fingerprint density at radius 1 is 0.568 bits per heavy atom. The Hall–Kier alpha value is -0.120. The normalized spacial score (nSPS) is 14.8. The molecular formula is C34H71NO2. The van der Waals surface area contributed by atoms with Crippen molar-refractivity contribution < 1.29 is 9.47 Å². The van der Waals surface area contributed by atoms with E-state index in [2.05, 4.69) is 60.7 Å². The van der Waals surface area contributed by atoms with E-state index in [-0.39, 0.29) is 5.41 Å². The van der Waals surface area contributed by atoms with Gasteiger partial charge in [0.15, 0.2) is 5.79 Å². The van der Waals surface area contributed by atoms with Crippen molar-refractivity contribution >= 4 is 0 Å². The lowest BCUT2D eigenvalue weighted by molar-refractivity contribution is -0.308. The fourth-order valence-corrected chi connectivity index (χ4v) is 6.74. The van der Waals surface area contributed by atoms with Crippen LogP contribution in [0.25, 0.3) is 0 Å². The fraction of sp³-hybridized carbons (Fsp3) is 1.00. The molecule has 0 saturated carbocycles. The van der Waals surface area contributed by atoms with Crippen molar-refractivity contribution in [1.82, 2.24) is 5.32 Å². The first-order chi connectivity index (χ1) is 17.9. The van der Waals surface area contributed by atoms with Gasteiger partial charge in [0.1, 0.15) is 0 Å². The molecule has 2 unspecified atom stereocenters. The molecule has 0 aromatic heterocycles. The summed E-state index contributed by atoms with van der Waals surface area (Å²) in [5.74, 6) is 0.720. The Kier molecular flexibility index (Phi) is 23.7. The number of ether oxygens (including phenoxy) is 2. The van der Waals surface area contributed by atoms with Gasteiger partial charge in [0, 0.05) is 18.6 Å². The van der Waals surface area contributed by atoms with Crippen molar-refractivity contribution in [1.29, 1.82) is 0 Å². The first kappa shape index (κ1) is 36.9. The Morgan fingerprint density at radius 3 is 1.54 bits per heavy atom. The molecule has 0 aliphatic rings. The highest BCUT2D eigenvalue weighted by molar-refractivity contribution is 4.98. The molecule has 3 heteroatoms. The van der Waals surface area contributed by atoms with Crippen LogP contribution in [0.15, 0.2) is 0 Å². The molecule has 0 heterocycles. The number of rotatable bonds is 28. The van der Waals surface area contributed by atoms with Gasteiger partial charge < -0.3 is 14.8 Å². The molecule has 0 fully saturated rings. The van der Waals surface area contributed by atoms with Gasteiger partial charge >= 0.3 is 0 Å². The molecule has 0 aromatic rings. The molecule has 0 spiro atoms. The van der Waals surface area contributed by atoms with E-state index in [0.29, 0.717) is 25.0 Å². The molecule has 0 radical (unpaired) electrons. The molecule has 224 valence electrons. The van der Waals surface area contributed by atoms with Gasteiger partial charge in [-0.25, -0.2) is 0 Å². The maximum Gasteiger partial charge on any atom is 0.171 e. The lowest BCUT2D eigenvalue weighted by Gasteiger charge is -2.54. The first-order valence-electron chi connectivity index (χ1n) is 16.9. The zero-order valence-electron chi connectivity index (χ0n) is 27.0. The summed E-state index contributed by atoms with van der Waals surface area (Å²) in [4.78, 5) is 0. The lowest BCUT2D eigenvalue weighted by Crippen LogP contribution is -2.56. The minimum absolute atomic E-state index is 0.0494. The third-order valence-electron chi connectivity index (χ3n) is 8.79. The molecule has 0 aliphatic carbocycles. The van der Waals surface area contributed by atoms with Gasteiger partial charge in [0.2, 0.25) is 0 Å². The van der Waals surface area contributed by atoms with E-state index in [9.17, 15) is 0 Å². The van der Waals surface area contributed by atoms with Crippen LogP contribution in [0.5, 0.6) is 0 Å². The quantitative estimate of drug-likeness (QED) is 0.0813. The van der Waals surface area contributed by atoms with E-state index >= 15 is 0 Å². The Morgan fingerprint density at radius 2 is 1.03 bits per heavy atom.